The van der Waals surface area contributed by atoms with Gasteiger partial charge in [-0.2, -0.15) is 0 Å². The molecule has 0 bridgehead atoms. The van der Waals surface area contributed by atoms with Gasteiger partial charge in [0, 0.05) is 13.1 Å². The number of fused-ring (bicyclic) bond motifs is 1. The van der Waals surface area contributed by atoms with Gasteiger partial charge in [0.25, 0.3) is 0 Å². The fourth-order valence-electron chi connectivity index (χ4n) is 2.55. The topological polar surface area (TPSA) is 41.1 Å². The van der Waals surface area contributed by atoms with Gasteiger partial charge in [-0.15, -0.1) is 0 Å². The van der Waals surface area contributed by atoms with Crippen LogP contribution >= 0.6 is 0 Å². The Balaban J connectivity index is 1.59. The van der Waals surface area contributed by atoms with Gasteiger partial charge in [-0.3, -0.25) is 4.79 Å². The summed E-state index contributed by atoms with van der Waals surface area (Å²) >= 11 is 0. The minimum Gasteiger partial charge on any atom is -0.351 e. The Labute approximate surface area is 119 Å². The maximum Gasteiger partial charge on any atom is 0.237 e. The van der Waals surface area contributed by atoms with Crippen LogP contribution in [0.4, 0.5) is 0 Å². The van der Waals surface area contributed by atoms with E-state index in [-0.39, 0.29) is 11.9 Å². The molecule has 1 amide bonds. The van der Waals surface area contributed by atoms with E-state index in [1.807, 2.05) is 42.5 Å². The fourth-order valence-corrected chi connectivity index (χ4v) is 2.55. The zero-order valence-corrected chi connectivity index (χ0v) is 11.3. The number of rotatable bonds is 3. The molecule has 2 aromatic carbocycles. The third kappa shape index (κ3) is 2.89. The molecule has 3 nitrogen and oxygen atoms in total. The van der Waals surface area contributed by atoms with E-state index in [4.69, 9.17) is 0 Å². The number of hydrogen-bond acceptors (Lipinski definition) is 2. The summed E-state index contributed by atoms with van der Waals surface area (Å²) in [5.41, 5.74) is 3.68. The van der Waals surface area contributed by atoms with E-state index in [9.17, 15) is 4.79 Å². The number of hydrogen-bond donors (Lipinski definition) is 2. The first-order chi connectivity index (χ1) is 9.83. The van der Waals surface area contributed by atoms with Crippen LogP contribution in [0.3, 0.4) is 0 Å². The lowest BCUT2D eigenvalue weighted by atomic mass is 9.95. The van der Waals surface area contributed by atoms with Crippen LogP contribution in [-0.2, 0) is 24.3 Å². The largest absolute Gasteiger partial charge is 0.351 e. The summed E-state index contributed by atoms with van der Waals surface area (Å²) in [6, 6.07) is 18.1. The third-order valence-electron chi connectivity index (χ3n) is 3.71. The van der Waals surface area contributed by atoms with E-state index in [1.165, 1.54) is 11.1 Å². The van der Waals surface area contributed by atoms with Crippen LogP contribution in [-0.4, -0.2) is 11.9 Å². The molecule has 20 heavy (non-hydrogen) atoms. The number of nitrogens with one attached hydrogen (secondary N) is 2. The molecule has 1 heterocycles. The van der Waals surface area contributed by atoms with Crippen molar-refractivity contribution < 1.29 is 4.79 Å². The summed E-state index contributed by atoms with van der Waals surface area (Å²) in [4.78, 5) is 12.2. The van der Waals surface area contributed by atoms with Gasteiger partial charge in [0.1, 0.15) is 0 Å². The highest BCUT2D eigenvalue weighted by molar-refractivity contribution is 5.82. The molecule has 2 aromatic rings. The molecule has 3 heteroatoms. The molecule has 1 atom stereocenters. The zero-order valence-electron chi connectivity index (χ0n) is 11.3. The van der Waals surface area contributed by atoms with Crippen LogP contribution in [0.25, 0.3) is 0 Å². The van der Waals surface area contributed by atoms with Gasteiger partial charge >= 0.3 is 0 Å². The Morgan fingerprint density at radius 2 is 1.75 bits per heavy atom. The Bertz CT molecular complexity index is 595. The van der Waals surface area contributed by atoms with Crippen LogP contribution < -0.4 is 10.6 Å². The van der Waals surface area contributed by atoms with Gasteiger partial charge in [-0.1, -0.05) is 54.6 Å². The van der Waals surface area contributed by atoms with Crippen molar-refractivity contribution in [2.24, 2.45) is 0 Å². The average Bonchev–Trinajstić information content (AvgIpc) is 2.53. The molecule has 102 valence electrons. The smallest absolute Gasteiger partial charge is 0.237 e. The lowest BCUT2D eigenvalue weighted by Crippen LogP contribution is -2.47. The molecule has 0 spiro atoms. The van der Waals surface area contributed by atoms with Crippen molar-refractivity contribution >= 4 is 5.91 Å². The fraction of sp³-hybridized carbons (Fsp3) is 0.235. The van der Waals surface area contributed by atoms with Crippen LogP contribution in [0.5, 0.6) is 0 Å². The van der Waals surface area contributed by atoms with Crippen molar-refractivity contribution in [2.45, 2.75) is 25.6 Å². The van der Waals surface area contributed by atoms with E-state index in [0.29, 0.717) is 6.54 Å². The van der Waals surface area contributed by atoms with Crippen molar-refractivity contribution in [3.05, 3.63) is 71.3 Å². The van der Waals surface area contributed by atoms with Crippen molar-refractivity contribution in [1.82, 2.24) is 10.6 Å². The molecular formula is C17H18N2O. The van der Waals surface area contributed by atoms with E-state index in [1.54, 1.807) is 0 Å². The lowest BCUT2D eigenvalue weighted by Gasteiger charge is -2.25. The molecule has 0 unspecified atom stereocenters. The number of benzene rings is 2. The summed E-state index contributed by atoms with van der Waals surface area (Å²) in [5.74, 6) is 0.0726. The number of carbonyl (C=O) groups is 1. The summed E-state index contributed by atoms with van der Waals surface area (Å²) in [6.45, 7) is 1.35. The molecule has 0 aliphatic carbocycles. The Kier molecular flexibility index (Phi) is 3.79. The molecule has 0 saturated carbocycles. The van der Waals surface area contributed by atoms with Crippen LogP contribution in [0.1, 0.15) is 16.7 Å². The van der Waals surface area contributed by atoms with Gasteiger partial charge < -0.3 is 10.6 Å². The normalized spacial score (nSPS) is 17.3. The Hall–Kier alpha value is -2.13. The maximum atomic E-state index is 12.2. The van der Waals surface area contributed by atoms with Crippen LogP contribution in [0, 0.1) is 0 Å². The first kappa shape index (κ1) is 12.9. The SMILES string of the molecule is O=C(NCc1ccccc1)[C@H]1Cc2ccccc2CN1. The second kappa shape index (κ2) is 5.88. The predicted octanol–water partition coefficient (Wildman–Crippen LogP) is 2.02. The average molecular weight is 266 g/mol. The third-order valence-corrected chi connectivity index (χ3v) is 3.71. The van der Waals surface area contributed by atoms with E-state index >= 15 is 0 Å². The van der Waals surface area contributed by atoms with E-state index in [2.05, 4.69) is 22.8 Å². The molecule has 2 N–H and O–H groups in total. The summed E-state index contributed by atoms with van der Waals surface area (Å²) in [7, 11) is 0. The van der Waals surface area contributed by atoms with Gasteiger partial charge in [0.2, 0.25) is 5.91 Å². The molecule has 3 rings (SSSR count). The molecule has 1 aliphatic heterocycles. The molecule has 1 aliphatic rings. The molecule has 0 aromatic heterocycles. The van der Waals surface area contributed by atoms with E-state index < -0.39 is 0 Å². The highest BCUT2D eigenvalue weighted by Crippen LogP contribution is 2.16. The Morgan fingerprint density at radius 1 is 1.05 bits per heavy atom. The maximum absolute atomic E-state index is 12.2. The molecule has 0 saturated heterocycles. The van der Waals surface area contributed by atoms with Crippen LogP contribution in [0.15, 0.2) is 54.6 Å². The quantitative estimate of drug-likeness (QED) is 0.892. The molecule has 0 fully saturated rings. The highest BCUT2D eigenvalue weighted by Gasteiger charge is 2.23. The molecule has 0 radical (unpaired) electrons. The van der Waals surface area contributed by atoms with Crippen molar-refractivity contribution in [1.29, 1.82) is 0 Å². The lowest BCUT2D eigenvalue weighted by molar-refractivity contribution is -0.123. The first-order valence-corrected chi connectivity index (χ1v) is 6.95. The zero-order chi connectivity index (χ0) is 13.8. The minimum atomic E-state index is -0.131. The summed E-state index contributed by atoms with van der Waals surface area (Å²) in [6.07, 6.45) is 0.761. The monoisotopic (exact) mass is 266 g/mol. The number of carbonyl (C=O) groups excluding carboxylic acids is 1. The minimum absolute atomic E-state index is 0.0726. The van der Waals surface area contributed by atoms with Gasteiger partial charge in [-0.25, -0.2) is 0 Å². The van der Waals surface area contributed by atoms with E-state index in [0.717, 1.165) is 18.5 Å². The second-order valence-corrected chi connectivity index (χ2v) is 5.11. The van der Waals surface area contributed by atoms with Gasteiger partial charge in [0.05, 0.1) is 6.04 Å². The van der Waals surface area contributed by atoms with Crippen molar-refractivity contribution in [3.8, 4) is 0 Å². The summed E-state index contributed by atoms with van der Waals surface area (Å²) < 4.78 is 0. The van der Waals surface area contributed by atoms with Crippen molar-refractivity contribution in [2.75, 3.05) is 0 Å². The van der Waals surface area contributed by atoms with Crippen LogP contribution in [0.2, 0.25) is 0 Å². The molecular weight excluding hydrogens is 248 g/mol. The number of amides is 1. The van der Waals surface area contributed by atoms with Gasteiger partial charge in [0.15, 0.2) is 0 Å². The highest BCUT2D eigenvalue weighted by atomic mass is 16.2. The predicted molar refractivity (Wildman–Crippen MR) is 79.1 cm³/mol. The van der Waals surface area contributed by atoms with Crippen molar-refractivity contribution in [3.63, 3.8) is 0 Å². The summed E-state index contributed by atoms with van der Waals surface area (Å²) in [5, 5.41) is 6.30. The second-order valence-electron chi connectivity index (χ2n) is 5.11. The van der Waals surface area contributed by atoms with Gasteiger partial charge in [-0.05, 0) is 23.1 Å². The Morgan fingerprint density at radius 3 is 2.55 bits per heavy atom. The first-order valence-electron chi connectivity index (χ1n) is 6.95. The standard InChI is InChI=1S/C17H18N2O/c20-17(19-11-13-6-2-1-3-7-13)16-10-14-8-4-5-9-15(14)12-18-16/h1-9,16,18H,10-12H2,(H,19,20)/t16-/m1/s1.